The summed E-state index contributed by atoms with van der Waals surface area (Å²) < 4.78 is 0. The highest BCUT2D eigenvalue weighted by molar-refractivity contribution is 7.23. The Morgan fingerprint density at radius 3 is 1.66 bits per heavy atom. The maximum atomic E-state index is 11.2. The molecule has 0 bridgehead atoms. The van der Waals surface area contributed by atoms with Crippen LogP contribution in [0.4, 0.5) is 17.1 Å². The van der Waals surface area contributed by atoms with Crippen LogP contribution in [0.5, 0.6) is 0 Å². The van der Waals surface area contributed by atoms with Gasteiger partial charge in [0.2, 0.25) is 0 Å². The van der Waals surface area contributed by atoms with Crippen LogP contribution < -0.4 is 4.90 Å². The van der Waals surface area contributed by atoms with Crippen molar-refractivity contribution < 1.29 is 9.90 Å². The largest absolute Gasteiger partial charge is 0.477 e. The third kappa shape index (κ3) is 6.80. The summed E-state index contributed by atoms with van der Waals surface area (Å²) in [4.78, 5) is 24.0. The molecule has 2 aromatic heterocycles. The number of hydrogen-bond acceptors (Lipinski definition) is 7. The van der Waals surface area contributed by atoms with Crippen LogP contribution in [0.25, 0.3) is 26.5 Å². The second-order valence-electron chi connectivity index (χ2n) is 12.5. The Hall–Kier alpha value is -4.58. The fourth-order valence-corrected chi connectivity index (χ4v) is 6.50. The van der Waals surface area contributed by atoms with Gasteiger partial charge in [0, 0.05) is 34.3 Å². The van der Waals surface area contributed by atoms with E-state index < -0.39 is 5.97 Å². The zero-order valence-corrected chi connectivity index (χ0v) is 27.3. The van der Waals surface area contributed by atoms with Crippen LogP contribution in [0, 0.1) is 11.3 Å². The number of rotatable bonds is 7. The van der Waals surface area contributed by atoms with Gasteiger partial charge in [0.15, 0.2) is 10.0 Å². The minimum Gasteiger partial charge on any atom is -0.477 e. The van der Waals surface area contributed by atoms with E-state index in [9.17, 15) is 4.79 Å². The van der Waals surface area contributed by atoms with Crippen molar-refractivity contribution in [2.24, 2.45) is 0 Å². The molecule has 0 spiro atoms. The molecular weight excluding hydrogens is 585 g/mol. The lowest BCUT2D eigenvalue weighted by atomic mass is 9.86. The topological polar surface area (TPSA) is 90.1 Å². The zero-order valence-electron chi connectivity index (χ0n) is 25.6. The van der Waals surface area contributed by atoms with Crippen molar-refractivity contribution in [3.63, 3.8) is 0 Å². The highest BCUT2D eigenvalue weighted by Gasteiger charge is 2.19. The third-order valence-corrected chi connectivity index (χ3v) is 9.38. The number of carbonyl (C=O) groups is 1. The molecule has 0 amide bonds. The van der Waals surface area contributed by atoms with Gasteiger partial charge in [0.25, 0.3) is 0 Å². The molecule has 5 aromatic rings. The summed E-state index contributed by atoms with van der Waals surface area (Å²) in [6, 6.07) is 27.8. The van der Waals surface area contributed by atoms with Crippen molar-refractivity contribution in [2.75, 3.05) is 4.90 Å². The Morgan fingerprint density at radius 1 is 0.750 bits per heavy atom. The molecule has 0 aliphatic rings. The lowest BCUT2D eigenvalue weighted by Crippen LogP contribution is -2.14. The number of anilines is 3. The van der Waals surface area contributed by atoms with Gasteiger partial charge in [-0.15, -0.1) is 22.7 Å². The number of carboxylic acids is 1. The van der Waals surface area contributed by atoms with E-state index in [4.69, 9.17) is 10.4 Å². The molecule has 5 rings (SSSR count). The molecule has 0 fully saturated rings. The predicted octanol–water partition coefficient (Wildman–Crippen LogP) is 9.99. The van der Waals surface area contributed by atoms with E-state index >= 15 is 0 Å². The van der Waals surface area contributed by atoms with E-state index in [0.717, 1.165) is 32.5 Å². The second kappa shape index (κ2) is 12.2. The smallest absolute Gasteiger partial charge is 0.346 e. The fraction of sp³-hybridized carbons (Fsp3) is 0.222. The van der Waals surface area contributed by atoms with Crippen LogP contribution in [-0.2, 0) is 15.6 Å². The van der Waals surface area contributed by atoms with Crippen molar-refractivity contribution in [3.05, 3.63) is 107 Å². The van der Waals surface area contributed by atoms with Gasteiger partial charge in [0.1, 0.15) is 11.6 Å². The third-order valence-electron chi connectivity index (χ3n) is 7.24. The van der Waals surface area contributed by atoms with Gasteiger partial charge in [-0.3, -0.25) is 0 Å². The molecular formula is C36H34N4O2S2. The number of thiazole rings is 2. The van der Waals surface area contributed by atoms with E-state index in [2.05, 4.69) is 129 Å². The molecule has 0 saturated carbocycles. The first kappa shape index (κ1) is 30.9. The van der Waals surface area contributed by atoms with Crippen LogP contribution >= 0.6 is 22.7 Å². The predicted molar refractivity (Wildman–Crippen MR) is 182 cm³/mol. The van der Waals surface area contributed by atoms with Gasteiger partial charge in [0.05, 0.1) is 4.88 Å². The maximum absolute atomic E-state index is 11.2. The van der Waals surface area contributed by atoms with Crippen molar-refractivity contribution in [1.82, 2.24) is 9.97 Å². The summed E-state index contributed by atoms with van der Waals surface area (Å²) in [6.07, 6.45) is 4.72. The second-order valence-corrected chi connectivity index (χ2v) is 14.6. The standard InChI is InChI=1S/C36H34N4O2S2/c1-35(2,3)25-9-15-28(16-10-25)40(29-17-11-26(12-18-29)36(4,5)6)27-13-7-23(8-14-27)31-22-39-33(44-31)32-38-21-30(43-32)19-24(20-37)34(41)42/h7-19,21-22H,1-6H3,(H,41,42). The summed E-state index contributed by atoms with van der Waals surface area (Å²) in [5.41, 5.74) is 6.66. The maximum Gasteiger partial charge on any atom is 0.346 e. The summed E-state index contributed by atoms with van der Waals surface area (Å²) in [7, 11) is 0. The first-order valence-electron chi connectivity index (χ1n) is 14.2. The van der Waals surface area contributed by atoms with Crippen LogP contribution in [-0.4, -0.2) is 21.0 Å². The molecule has 1 N–H and O–H groups in total. The number of aromatic nitrogens is 2. The highest BCUT2D eigenvalue weighted by atomic mass is 32.1. The quantitative estimate of drug-likeness (QED) is 0.144. The molecule has 2 heterocycles. The van der Waals surface area contributed by atoms with E-state index in [1.807, 2.05) is 6.20 Å². The number of aliphatic carboxylic acids is 1. The SMILES string of the molecule is CC(C)(C)c1ccc(N(c2ccc(-c3cnc(-c4ncc(C=C(C#N)C(=O)O)s4)s3)cc2)c2ccc(C(C)(C)C)cc2)cc1. The number of carboxylic acid groups (broad SMARTS) is 1. The normalized spacial score (nSPS) is 12.2. The molecule has 8 heteroatoms. The van der Waals surface area contributed by atoms with E-state index in [0.29, 0.717) is 9.88 Å². The minimum absolute atomic E-state index is 0.0713. The molecule has 0 aliphatic heterocycles. The summed E-state index contributed by atoms with van der Waals surface area (Å²) >= 11 is 2.82. The summed E-state index contributed by atoms with van der Waals surface area (Å²) in [6.45, 7) is 13.4. The Morgan fingerprint density at radius 2 is 1.20 bits per heavy atom. The van der Waals surface area contributed by atoms with Crippen molar-refractivity contribution in [1.29, 1.82) is 5.26 Å². The van der Waals surface area contributed by atoms with Crippen LogP contribution in [0.15, 0.2) is 90.8 Å². The van der Waals surface area contributed by atoms with Gasteiger partial charge < -0.3 is 10.0 Å². The molecule has 0 atom stereocenters. The lowest BCUT2D eigenvalue weighted by molar-refractivity contribution is -0.132. The van der Waals surface area contributed by atoms with Gasteiger partial charge in [-0.1, -0.05) is 77.9 Å². The molecule has 0 unspecified atom stereocenters. The minimum atomic E-state index is -1.26. The number of nitrogens with zero attached hydrogens (tertiary/aromatic N) is 4. The molecule has 3 aromatic carbocycles. The summed E-state index contributed by atoms with van der Waals surface area (Å²) in [5, 5.41) is 19.6. The van der Waals surface area contributed by atoms with E-state index in [-0.39, 0.29) is 16.4 Å². The molecule has 0 radical (unpaired) electrons. The average molecular weight is 619 g/mol. The van der Waals surface area contributed by atoms with Crippen LogP contribution in [0.2, 0.25) is 0 Å². The van der Waals surface area contributed by atoms with Crippen LogP contribution in [0.1, 0.15) is 57.5 Å². The Kier molecular flexibility index (Phi) is 8.55. The zero-order chi connectivity index (χ0) is 31.6. The lowest BCUT2D eigenvalue weighted by Gasteiger charge is -2.28. The molecule has 44 heavy (non-hydrogen) atoms. The number of hydrogen-bond donors (Lipinski definition) is 1. The number of nitriles is 1. The highest BCUT2D eigenvalue weighted by Crippen LogP contribution is 2.39. The van der Waals surface area contributed by atoms with Crippen molar-refractivity contribution in [2.45, 2.75) is 52.4 Å². The van der Waals surface area contributed by atoms with Gasteiger partial charge in [-0.25, -0.2) is 14.8 Å². The fourth-order valence-electron chi connectivity index (χ4n) is 4.69. The molecule has 6 nitrogen and oxygen atoms in total. The van der Waals surface area contributed by atoms with Crippen LogP contribution in [0.3, 0.4) is 0 Å². The van der Waals surface area contributed by atoms with Crippen molar-refractivity contribution in [3.8, 4) is 26.5 Å². The van der Waals surface area contributed by atoms with Crippen molar-refractivity contribution >= 4 is 51.8 Å². The average Bonchev–Trinajstić information content (AvgIpc) is 3.66. The summed E-state index contributed by atoms with van der Waals surface area (Å²) in [5.74, 6) is -1.26. The monoisotopic (exact) mass is 618 g/mol. The first-order valence-corrected chi connectivity index (χ1v) is 15.9. The molecule has 0 aliphatic carbocycles. The van der Waals surface area contributed by atoms with Gasteiger partial charge >= 0.3 is 5.97 Å². The Bertz CT molecular complexity index is 1790. The van der Waals surface area contributed by atoms with E-state index in [1.54, 1.807) is 12.3 Å². The van der Waals surface area contributed by atoms with E-state index in [1.165, 1.54) is 39.9 Å². The van der Waals surface area contributed by atoms with Gasteiger partial charge in [-0.05, 0) is 70.0 Å². The first-order chi connectivity index (χ1) is 20.8. The Labute approximate surface area is 266 Å². The number of benzene rings is 3. The molecule has 222 valence electrons. The van der Waals surface area contributed by atoms with Gasteiger partial charge in [-0.2, -0.15) is 5.26 Å². The molecule has 0 saturated heterocycles. The Balaban J connectivity index is 1.45.